The van der Waals surface area contributed by atoms with Gasteiger partial charge in [-0.15, -0.1) is 11.3 Å². The highest BCUT2D eigenvalue weighted by Crippen LogP contribution is 2.57. The van der Waals surface area contributed by atoms with Crippen molar-refractivity contribution in [2.75, 3.05) is 4.90 Å². The van der Waals surface area contributed by atoms with Crippen LogP contribution in [0.5, 0.6) is 0 Å². The zero-order chi connectivity index (χ0) is 40.3. The van der Waals surface area contributed by atoms with Gasteiger partial charge in [-0.1, -0.05) is 188 Å². The Hall–Kier alpha value is -7.52. The van der Waals surface area contributed by atoms with Gasteiger partial charge in [0.2, 0.25) is 0 Å². The first-order valence-electron chi connectivity index (χ1n) is 21.0. The molecule has 0 saturated carbocycles. The Kier molecular flexibility index (Phi) is 8.33. The molecule has 0 amide bonds. The standard InChI is InChI=1S/C59H39NS/c1-3-17-45(18-4-1)59(46-19-5-2-6-20-46)54-24-12-9-22-50(54)51-36-34-48(39-55(51)59)60(47-32-29-41(30-33-47)43-28-27-40-15-7-8-16-42(40)37-43)56-25-13-10-21-49(56)44-31-35-53-52-23-11-14-26-57(52)61-58(53)38-44/h1-39H. The van der Waals surface area contributed by atoms with Crippen molar-refractivity contribution in [2.24, 2.45) is 0 Å². The summed E-state index contributed by atoms with van der Waals surface area (Å²) in [5, 5.41) is 5.12. The first kappa shape index (κ1) is 35.4. The van der Waals surface area contributed by atoms with Crippen molar-refractivity contribution in [2.45, 2.75) is 5.41 Å². The van der Waals surface area contributed by atoms with Crippen LogP contribution in [0.1, 0.15) is 22.3 Å². The third kappa shape index (κ3) is 5.68. The molecule has 0 N–H and O–H groups in total. The van der Waals surface area contributed by atoms with Gasteiger partial charge in [-0.25, -0.2) is 0 Å². The van der Waals surface area contributed by atoms with Crippen molar-refractivity contribution in [3.05, 3.63) is 259 Å². The van der Waals surface area contributed by atoms with Crippen LogP contribution < -0.4 is 4.90 Å². The number of hydrogen-bond acceptors (Lipinski definition) is 2. The van der Waals surface area contributed by atoms with E-state index in [1.807, 2.05) is 11.3 Å². The molecule has 0 bridgehead atoms. The summed E-state index contributed by atoms with van der Waals surface area (Å²) in [4.78, 5) is 2.47. The number of rotatable bonds is 7. The fourth-order valence-electron chi connectivity index (χ4n) is 9.98. The summed E-state index contributed by atoms with van der Waals surface area (Å²) in [5.74, 6) is 0. The van der Waals surface area contributed by atoms with E-state index >= 15 is 0 Å². The van der Waals surface area contributed by atoms with E-state index in [1.165, 1.54) is 86.6 Å². The number of thiophene rings is 1. The minimum absolute atomic E-state index is 0.512. The molecule has 0 saturated heterocycles. The molecular weight excluding hydrogens is 755 g/mol. The SMILES string of the molecule is c1ccc(C2(c3ccccc3)c3ccccc3-c3ccc(N(c4ccc(-c5ccc6ccccc6c5)cc4)c4ccccc4-c4ccc5c(c4)sc4ccccc45)cc32)cc1. The van der Waals surface area contributed by atoms with Crippen molar-refractivity contribution in [1.82, 2.24) is 0 Å². The molecule has 1 heterocycles. The van der Waals surface area contributed by atoms with Gasteiger partial charge in [0.1, 0.15) is 0 Å². The highest BCUT2D eigenvalue weighted by Gasteiger charge is 2.46. The summed E-state index contributed by atoms with van der Waals surface area (Å²) in [5.41, 5.74) is 15.2. The Morgan fingerprint density at radius 3 is 1.72 bits per heavy atom. The van der Waals surface area contributed by atoms with Gasteiger partial charge in [0.05, 0.1) is 11.1 Å². The molecule has 1 nitrogen and oxygen atoms in total. The summed E-state index contributed by atoms with van der Waals surface area (Å²) in [6.45, 7) is 0. The second-order valence-electron chi connectivity index (χ2n) is 16.0. The zero-order valence-corrected chi connectivity index (χ0v) is 34.2. The largest absolute Gasteiger partial charge is 0.310 e. The Bertz CT molecular complexity index is 3380. The molecule has 1 aliphatic rings. The third-order valence-corrected chi connectivity index (χ3v) is 13.9. The van der Waals surface area contributed by atoms with E-state index in [4.69, 9.17) is 0 Å². The zero-order valence-electron chi connectivity index (χ0n) is 33.4. The quantitative estimate of drug-likeness (QED) is 0.155. The van der Waals surface area contributed by atoms with Gasteiger partial charge in [0.15, 0.2) is 0 Å². The van der Waals surface area contributed by atoms with Crippen LogP contribution in [-0.2, 0) is 5.41 Å². The minimum Gasteiger partial charge on any atom is -0.310 e. The lowest BCUT2D eigenvalue weighted by Crippen LogP contribution is -2.28. The van der Waals surface area contributed by atoms with Gasteiger partial charge in [-0.3, -0.25) is 0 Å². The van der Waals surface area contributed by atoms with Crippen molar-refractivity contribution >= 4 is 59.3 Å². The summed E-state index contributed by atoms with van der Waals surface area (Å²) >= 11 is 1.87. The molecule has 0 radical (unpaired) electrons. The highest BCUT2D eigenvalue weighted by atomic mass is 32.1. The summed E-state index contributed by atoms with van der Waals surface area (Å²) in [7, 11) is 0. The van der Waals surface area contributed by atoms with E-state index in [1.54, 1.807) is 0 Å². The third-order valence-electron chi connectivity index (χ3n) is 12.7. The lowest BCUT2D eigenvalue weighted by Gasteiger charge is -2.35. The van der Waals surface area contributed by atoms with Crippen LogP contribution in [0.3, 0.4) is 0 Å². The smallest absolute Gasteiger partial charge is 0.0714 e. The molecule has 1 aliphatic carbocycles. The molecule has 286 valence electrons. The molecule has 0 spiro atoms. The van der Waals surface area contributed by atoms with Crippen LogP contribution in [0.4, 0.5) is 17.1 Å². The molecule has 12 rings (SSSR count). The van der Waals surface area contributed by atoms with E-state index in [-0.39, 0.29) is 0 Å². The Morgan fingerprint density at radius 1 is 0.328 bits per heavy atom. The Balaban J connectivity index is 1.08. The summed E-state index contributed by atoms with van der Waals surface area (Å²) in [6, 6.07) is 87.4. The molecular formula is C59H39NS. The maximum absolute atomic E-state index is 2.47. The lowest BCUT2D eigenvalue weighted by molar-refractivity contribution is 0.768. The first-order chi connectivity index (χ1) is 30.2. The number of benzene rings is 10. The van der Waals surface area contributed by atoms with E-state index in [0.29, 0.717) is 0 Å². The molecule has 1 aromatic heterocycles. The van der Waals surface area contributed by atoms with Crippen LogP contribution in [0.2, 0.25) is 0 Å². The first-order valence-corrected chi connectivity index (χ1v) is 21.8. The van der Waals surface area contributed by atoms with Crippen molar-refractivity contribution < 1.29 is 0 Å². The van der Waals surface area contributed by atoms with Gasteiger partial charge >= 0.3 is 0 Å². The van der Waals surface area contributed by atoms with Crippen LogP contribution in [-0.4, -0.2) is 0 Å². The van der Waals surface area contributed by atoms with Crippen molar-refractivity contribution in [1.29, 1.82) is 0 Å². The Morgan fingerprint density at radius 2 is 0.918 bits per heavy atom. The summed E-state index contributed by atoms with van der Waals surface area (Å²) < 4.78 is 2.61. The highest BCUT2D eigenvalue weighted by molar-refractivity contribution is 7.25. The molecule has 2 heteroatoms. The second-order valence-corrected chi connectivity index (χ2v) is 17.1. The van der Waals surface area contributed by atoms with E-state index in [0.717, 1.165) is 17.1 Å². The van der Waals surface area contributed by atoms with E-state index in [9.17, 15) is 0 Å². The number of nitrogens with zero attached hydrogens (tertiary/aromatic N) is 1. The molecule has 10 aromatic carbocycles. The second kappa shape index (κ2) is 14.3. The van der Waals surface area contributed by atoms with Gasteiger partial charge < -0.3 is 4.90 Å². The molecule has 0 fully saturated rings. The van der Waals surface area contributed by atoms with E-state index in [2.05, 4.69) is 241 Å². The van der Waals surface area contributed by atoms with E-state index < -0.39 is 5.41 Å². The lowest BCUT2D eigenvalue weighted by atomic mass is 9.67. The number of hydrogen-bond donors (Lipinski definition) is 0. The van der Waals surface area contributed by atoms with Crippen LogP contribution in [0.15, 0.2) is 237 Å². The van der Waals surface area contributed by atoms with Gasteiger partial charge in [-0.2, -0.15) is 0 Å². The maximum Gasteiger partial charge on any atom is 0.0714 e. The molecule has 11 aromatic rings. The normalized spacial score (nSPS) is 12.7. The number of fused-ring (bicyclic) bond motifs is 7. The number of anilines is 3. The van der Waals surface area contributed by atoms with Crippen LogP contribution in [0.25, 0.3) is 64.3 Å². The van der Waals surface area contributed by atoms with Gasteiger partial charge in [-0.05, 0) is 109 Å². The maximum atomic E-state index is 2.47. The van der Waals surface area contributed by atoms with Crippen molar-refractivity contribution in [3.8, 4) is 33.4 Å². The van der Waals surface area contributed by atoms with Crippen LogP contribution in [0, 0.1) is 0 Å². The van der Waals surface area contributed by atoms with Gasteiger partial charge in [0.25, 0.3) is 0 Å². The fourth-order valence-corrected chi connectivity index (χ4v) is 11.1. The van der Waals surface area contributed by atoms with Crippen molar-refractivity contribution in [3.63, 3.8) is 0 Å². The minimum atomic E-state index is -0.512. The molecule has 0 atom stereocenters. The average Bonchev–Trinajstić information content (AvgIpc) is 3.86. The Labute approximate surface area is 360 Å². The molecule has 0 aliphatic heterocycles. The summed E-state index contributed by atoms with van der Waals surface area (Å²) in [6.07, 6.45) is 0. The predicted octanol–water partition coefficient (Wildman–Crippen LogP) is 16.4. The topological polar surface area (TPSA) is 3.24 Å². The van der Waals surface area contributed by atoms with Gasteiger partial charge in [0, 0.05) is 37.1 Å². The molecule has 61 heavy (non-hydrogen) atoms. The van der Waals surface area contributed by atoms with Crippen LogP contribution >= 0.6 is 11.3 Å². The average molecular weight is 794 g/mol. The number of para-hydroxylation sites is 1. The molecule has 0 unspecified atom stereocenters. The monoisotopic (exact) mass is 793 g/mol. The predicted molar refractivity (Wildman–Crippen MR) is 260 cm³/mol. The fraction of sp³-hybridized carbons (Fsp3) is 0.0169.